The van der Waals surface area contributed by atoms with Gasteiger partial charge in [0.05, 0.1) is 0 Å². The molecule has 0 aliphatic heterocycles. The maximum atomic E-state index is 11.5. The number of hydrogen-bond donors (Lipinski definition) is 1. The van der Waals surface area contributed by atoms with Crippen molar-refractivity contribution < 1.29 is 4.79 Å². The first-order valence-corrected chi connectivity index (χ1v) is 4.96. The summed E-state index contributed by atoms with van der Waals surface area (Å²) in [6.45, 7) is 4.63. The second-order valence-electron chi connectivity index (χ2n) is 3.52. The van der Waals surface area contributed by atoms with E-state index in [1.54, 1.807) is 0 Å². The summed E-state index contributed by atoms with van der Waals surface area (Å²) in [6.07, 6.45) is 2.96. The van der Waals surface area contributed by atoms with Crippen molar-refractivity contribution in [1.82, 2.24) is 5.32 Å². The van der Waals surface area contributed by atoms with Gasteiger partial charge in [0.2, 0.25) is 5.91 Å². The smallest absolute Gasteiger partial charge is 0.241 e. The minimum absolute atomic E-state index is 0.0108. The second-order valence-corrected chi connectivity index (χ2v) is 4.19. The fourth-order valence-electron chi connectivity index (χ4n) is 1.79. The Bertz CT molecular complexity index is 183. The molecular formula is C9H16ClNO. The molecule has 0 heterocycles. The van der Waals surface area contributed by atoms with Crippen LogP contribution in [0, 0.1) is 5.92 Å². The van der Waals surface area contributed by atoms with Gasteiger partial charge in [-0.3, -0.25) is 4.79 Å². The maximum Gasteiger partial charge on any atom is 0.241 e. The molecule has 0 radical (unpaired) electrons. The molecule has 0 saturated heterocycles. The van der Waals surface area contributed by atoms with Crippen molar-refractivity contribution in [1.29, 1.82) is 0 Å². The molecule has 2 unspecified atom stereocenters. The molecule has 1 saturated carbocycles. The van der Waals surface area contributed by atoms with Gasteiger partial charge in [-0.2, -0.15) is 0 Å². The number of rotatable bonds is 2. The highest BCUT2D eigenvalue weighted by Crippen LogP contribution is 2.40. The van der Waals surface area contributed by atoms with E-state index < -0.39 is 4.87 Å². The van der Waals surface area contributed by atoms with E-state index in [2.05, 4.69) is 12.2 Å². The summed E-state index contributed by atoms with van der Waals surface area (Å²) in [6, 6.07) is 0. The molecule has 1 aliphatic carbocycles. The normalized spacial score (nSPS) is 35.1. The third kappa shape index (κ3) is 1.58. The summed E-state index contributed by atoms with van der Waals surface area (Å²) in [7, 11) is 0. The minimum atomic E-state index is -0.615. The molecule has 2 atom stereocenters. The van der Waals surface area contributed by atoms with E-state index in [0.717, 1.165) is 19.3 Å². The second kappa shape index (κ2) is 3.65. The van der Waals surface area contributed by atoms with E-state index in [4.69, 9.17) is 11.6 Å². The number of carbonyl (C=O) groups excluding carboxylic acids is 1. The van der Waals surface area contributed by atoms with Gasteiger partial charge in [0.1, 0.15) is 4.87 Å². The fourth-order valence-corrected chi connectivity index (χ4v) is 2.10. The lowest BCUT2D eigenvalue weighted by molar-refractivity contribution is -0.124. The number of amides is 1. The van der Waals surface area contributed by atoms with Crippen molar-refractivity contribution in [3.63, 3.8) is 0 Å². The molecule has 0 aromatic carbocycles. The first-order chi connectivity index (χ1) is 5.61. The van der Waals surface area contributed by atoms with E-state index in [-0.39, 0.29) is 5.91 Å². The maximum absolute atomic E-state index is 11.5. The van der Waals surface area contributed by atoms with Crippen LogP contribution in [0.15, 0.2) is 0 Å². The van der Waals surface area contributed by atoms with Crippen LogP contribution in [-0.4, -0.2) is 17.3 Å². The van der Waals surface area contributed by atoms with Crippen molar-refractivity contribution in [2.75, 3.05) is 6.54 Å². The summed E-state index contributed by atoms with van der Waals surface area (Å²) < 4.78 is 0. The van der Waals surface area contributed by atoms with Gasteiger partial charge in [-0.15, -0.1) is 11.6 Å². The Labute approximate surface area is 78.7 Å². The molecule has 0 aromatic rings. The minimum Gasteiger partial charge on any atom is -0.355 e. The average molecular weight is 190 g/mol. The molecule has 0 aromatic heterocycles. The summed E-state index contributed by atoms with van der Waals surface area (Å²) >= 11 is 6.24. The highest BCUT2D eigenvalue weighted by atomic mass is 35.5. The molecule has 1 rings (SSSR count). The lowest BCUT2D eigenvalue weighted by Crippen LogP contribution is -2.44. The van der Waals surface area contributed by atoms with E-state index in [9.17, 15) is 4.79 Å². The molecule has 2 nitrogen and oxygen atoms in total. The van der Waals surface area contributed by atoms with Gasteiger partial charge in [0, 0.05) is 6.54 Å². The summed E-state index contributed by atoms with van der Waals surface area (Å²) in [5, 5.41) is 2.79. The van der Waals surface area contributed by atoms with Crippen molar-refractivity contribution in [3.05, 3.63) is 0 Å². The monoisotopic (exact) mass is 189 g/mol. The lowest BCUT2D eigenvalue weighted by atomic mass is 9.96. The van der Waals surface area contributed by atoms with Crippen LogP contribution >= 0.6 is 11.6 Å². The van der Waals surface area contributed by atoms with Crippen LogP contribution in [0.3, 0.4) is 0 Å². The predicted molar refractivity (Wildman–Crippen MR) is 50.3 cm³/mol. The number of halogens is 1. The lowest BCUT2D eigenvalue weighted by Gasteiger charge is -2.24. The largest absolute Gasteiger partial charge is 0.355 e. The quantitative estimate of drug-likeness (QED) is 0.661. The van der Waals surface area contributed by atoms with Crippen LogP contribution in [0.25, 0.3) is 0 Å². The Morgan fingerprint density at radius 3 is 2.83 bits per heavy atom. The zero-order chi connectivity index (χ0) is 9.19. The third-order valence-electron chi connectivity index (χ3n) is 2.67. The Morgan fingerprint density at radius 2 is 2.42 bits per heavy atom. The number of hydrogen-bond acceptors (Lipinski definition) is 1. The fraction of sp³-hybridized carbons (Fsp3) is 0.889. The van der Waals surface area contributed by atoms with Gasteiger partial charge in [-0.25, -0.2) is 0 Å². The molecule has 3 heteroatoms. The van der Waals surface area contributed by atoms with Crippen LogP contribution in [-0.2, 0) is 4.79 Å². The molecule has 12 heavy (non-hydrogen) atoms. The van der Waals surface area contributed by atoms with Gasteiger partial charge >= 0.3 is 0 Å². The van der Waals surface area contributed by atoms with E-state index in [1.165, 1.54) is 0 Å². The molecule has 1 amide bonds. The number of carbonyl (C=O) groups is 1. The first-order valence-electron chi connectivity index (χ1n) is 4.58. The Balaban J connectivity index is 2.63. The molecular weight excluding hydrogens is 174 g/mol. The summed E-state index contributed by atoms with van der Waals surface area (Å²) in [5.74, 6) is 0.322. The van der Waals surface area contributed by atoms with Crippen molar-refractivity contribution in [2.24, 2.45) is 5.92 Å². The van der Waals surface area contributed by atoms with Gasteiger partial charge in [0.25, 0.3) is 0 Å². The van der Waals surface area contributed by atoms with E-state index >= 15 is 0 Å². The molecule has 1 fully saturated rings. The molecule has 1 aliphatic rings. The average Bonchev–Trinajstić information content (AvgIpc) is 2.34. The summed E-state index contributed by atoms with van der Waals surface area (Å²) in [5.41, 5.74) is 0. The molecule has 1 N–H and O–H groups in total. The number of nitrogens with one attached hydrogen (secondary N) is 1. The van der Waals surface area contributed by atoms with Crippen LogP contribution in [0.1, 0.15) is 33.1 Å². The topological polar surface area (TPSA) is 29.1 Å². The molecule has 0 spiro atoms. The Kier molecular flexibility index (Phi) is 2.99. The SMILES string of the molecule is CCNC(=O)C1(Cl)CCCC1C. The van der Waals surface area contributed by atoms with E-state index in [1.807, 2.05) is 6.92 Å². The van der Waals surface area contributed by atoms with Crippen LogP contribution in [0.4, 0.5) is 0 Å². The van der Waals surface area contributed by atoms with E-state index in [0.29, 0.717) is 12.5 Å². The molecule has 70 valence electrons. The Morgan fingerprint density at radius 1 is 1.75 bits per heavy atom. The van der Waals surface area contributed by atoms with Crippen molar-refractivity contribution in [2.45, 2.75) is 38.0 Å². The number of alkyl halides is 1. The standard InChI is InChI=1S/C9H16ClNO/c1-3-11-8(12)9(10)6-4-5-7(9)2/h7H,3-6H2,1-2H3,(H,11,12). The van der Waals surface area contributed by atoms with Crippen LogP contribution < -0.4 is 5.32 Å². The predicted octanol–water partition coefficient (Wildman–Crippen LogP) is 1.92. The zero-order valence-corrected chi connectivity index (χ0v) is 8.45. The van der Waals surface area contributed by atoms with Crippen LogP contribution in [0.5, 0.6) is 0 Å². The van der Waals surface area contributed by atoms with Gasteiger partial charge in [-0.05, 0) is 25.7 Å². The molecule has 0 bridgehead atoms. The Hall–Kier alpha value is -0.240. The van der Waals surface area contributed by atoms with Gasteiger partial charge in [-0.1, -0.05) is 13.3 Å². The zero-order valence-electron chi connectivity index (χ0n) is 7.69. The van der Waals surface area contributed by atoms with Crippen molar-refractivity contribution >= 4 is 17.5 Å². The highest BCUT2D eigenvalue weighted by molar-refractivity contribution is 6.35. The van der Waals surface area contributed by atoms with Gasteiger partial charge in [0.15, 0.2) is 0 Å². The van der Waals surface area contributed by atoms with Crippen LogP contribution in [0.2, 0.25) is 0 Å². The highest BCUT2D eigenvalue weighted by Gasteiger charge is 2.44. The van der Waals surface area contributed by atoms with Gasteiger partial charge < -0.3 is 5.32 Å². The summed E-state index contributed by atoms with van der Waals surface area (Å²) in [4.78, 5) is 10.9. The van der Waals surface area contributed by atoms with Crippen molar-refractivity contribution in [3.8, 4) is 0 Å². The third-order valence-corrected chi connectivity index (χ3v) is 3.41. The first kappa shape index (κ1) is 9.85.